The summed E-state index contributed by atoms with van der Waals surface area (Å²) in [5.41, 5.74) is 0. The molecular weight excluding hydrogens is 300 g/mol. The Balaban J connectivity index is 1.48. The van der Waals surface area contributed by atoms with Crippen LogP contribution in [0.25, 0.3) is 0 Å². The average molecular weight is 326 g/mol. The van der Waals surface area contributed by atoms with Gasteiger partial charge in [-0.1, -0.05) is 37.8 Å². The van der Waals surface area contributed by atoms with E-state index in [0.717, 1.165) is 38.5 Å². The largest absolute Gasteiger partial charge is 0.392 e. The van der Waals surface area contributed by atoms with Crippen molar-refractivity contribution in [1.82, 2.24) is 0 Å². The fourth-order valence-corrected chi connectivity index (χ4v) is 2.65. The monoisotopic (exact) mass is 326 g/mol. The molecule has 0 fully saturated rings. The van der Waals surface area contributed by atoms with E-state index in [1.807, 2.05) is 36.4 Å². The Morgan fingerprint density at radius 3 is 1.21 bits per heavy atom. The highest BCUT2D eigenvalue weighted by molar-refractivity contribution is 5.66. The highest BCUT2D eigenvalue weighted by atomic mass is 16.2. The maximum atomic E-state index is 11.9. The van der Waals surface area contributed by atoms with Crippen molar-refractivity contribution in [3.8, 4) is 0 Å². The molecule has 0 spiro atoms. The van der Waals surface area contributed by atoms with E-state index in [4.69, 9.17) is 0 Å². The third-order valence-electron chi connectivity index (χ3n) is 4.04. The van der Waals surface area contributed by atoms with Gasteiger partial charge in [0.1, 0.15) is 0 Å². The van der Waals surface area contributed by atoms with Gasteiger partial charge in [0.05, 0.1) is 12.8 Å². The molecule has 2 aromatic rings. The zero-order valence-electron chi connectivity index (χ0n) is 14.1. The van der Waals surface area contributed by atoms with Crippen molar-refractivity contribution in [1.29, 1.82) is 0 Å². The second-order valence-electron chi connectivity index (χ2n) is 5.97. The topological polar surface area (TPSA) is 41.9 Å². The Morgan fingerprint density at radius 2 is 0.833 bits per heavy atom. The molecule has 0 saturated heterocycles. The van der Waals surface area contributed by atoms with Crippen LogP contribution in [0.1, 0.15) is 61.0 Å². The van der Waals surface area contributed by atoms with Crippen molar-refractivity contribution < 1.29 is 18.7 Å². The Kier molecular flexibility index (Phi) is 7.81. The van der Waals surface area contributed by atoms with Gasteiger partial charge >= 0.3 is 11.8 Å². The van der Waals surface area contributed by atoms with Gasteiger partial charge in [-0.3, -0.25) is 0 Å². The van der Waals surface area contributed by atoms with E-state index in [1.165, 1.54) is 0 Å². The molecule has 0 aromatic carbocycles. The minimum absolute atomic E-state index is 0.154. The average Bonchev–Trinajstić information content (AvgIpc) is 2.65. The van der Waals surface area contributed by atoms with E-state index in [2.05, 4.69) is 0 Å². The van der Waals surface area contributed by atoms with Crippen LogP contribution in [0.4, 0.5) is 0 Å². The summed E-state index contributed by atoms with van der Waals surface area (Å²) in [6.45, 7) is 0. The van der Waals surface area contributed by atoms with Gasteiger partial charge in [-0.2, -0.15) is 0 Å². The first-order valence-corrected chi connectivity index (χ1v) is 8.76. The zero-order valence-corrected chi connectivity index (χ0v) is 14.1. The molecule has 0 saturated carbocycles. The molecule has 4 heteroatoms. The second-order valence-corrected chi connectivity index (χ2v) is 5.97. The summed E-state index contributed by atoms with van der Waals surface area (Å²) in [5.74, 6) is 0.308. The SMILES string of the molecule is O=C(CCCCCCCCC(=O)[n+]1ccccc1)[n+]1ccccc1. The quantitative estimate of drug-likeness (QED) is 0.524. The molecular formula is C20H26N2O2+2. The van der Waals surface area contributed by atoms with Crippen LogP contribution in [0, 0.1) is 0 Å². The molecule has 0 N–H and O–H groups in total. The molecule has 0 atom stereocenters. The summed E-state index contributed by atoms with van der Waals surface area (Å²) in [6, 6.07) is 11.3. The molecule has 0 aliphatic carbocycles. The predicted octanol–water partition coefficient (Wildman–Crippen LogP) is 3.36. The van der Waals surface area contributed by atoms with E-state index >= 15 is 0 Å². The van der Waals surface area contributed by atoms with E-state index in [9.17, 15) is 9.59 Å². The van der Waals surface area contributed by atoms with E-state index in [-0.39, 0.29) is 11.8 Å². The van der Waals surface area contributed by atoms with Crippen molar-refractivity contribution in [2.24, 2.45) is 0 Å². The number of nitrogens with zero attached hydrogens (tertiary/aromatic N) is 2. The van der Waals surface area contributed by atoms with Gasteiger partial charge in [-0.25, -0.2) is 9.59 Å². The summed E-state index contributed by atoms with van der Waals surface area (Å²) in [6.07, 6.45) is 14.6. The van der Waals surface area contributed by atoms with Crippen molar-refractivity contribution in [3.05, 3.63) is 61.2 Å². The van der Waals surface area contributed by atoms with E-state index < -0.39 is 0 Å². The number of pyridine rings is 2. The molecule has 0 aliphatic rings. The van der Waals surface area contributed by atoms with E-state index in [0.29, 0.717) is 12.8 Å². The lowest BCUT2D eigenvalue weighted by Crippen LogP contribution is -2.41. The van der Waals surface area contributed by atoms with Gasteiger partial charge in [0, 0.05) is 24.3 Å². The molecule has 2 rings (SSSR count). The second kappa shape index (κ2) is 10.4. The maximum absolute atomic E-state index is 11.9. The molecule has 0 bridgehead atoms. The Labute approximate surface area is 143 Å². The molecule has 2 heterocycles. The molecule has 2 aromatic heterocycles. The van der Waals surface area contributed by atoms with Crippen LogP contribution in [0.2, 0.25) is 0 Å². The van der Waals surface area contributed by atoms with Crippen molar-refractivity contribution >= 4 is 11.8 Å². The standard InChI is InChI=1S/C20H26N2O2/c23-19(21-15-9-5-10-16-21)13-7-3-1-2-4-8-14-20(24)22-17-11-6-12-18-22/h5-6,9-12,15-18H,1-4,7-8,13-14H2/q+2. The fourth-order valence-electron chi connectivity index (χ4n) is 2.65. The lowest BCUT2D eigenvalue weighted by Gasteiger charge is -2.00. The molecule has 0 aliphatic heterocycles. The highest BCUT2D eigenvalue weighted by Gasteiger charge is 2.13. The number of rotatable bonds is 9. The smallest absolute Gasteiger partial charge is 0.219 e. The highest BCUT2D eigenvalue weighted by Crippen LogP contribution is 2.08. The number of carbonyl (C=O) groups excluding carboxylic acids is 2. The number of hydrogen-bond donors (Lipinski definition) is 0. The third kappa shape index (κ3) is 6.41. The fraction of sp³-hybridized carbons (Fsp3) is 0.400. The number of unbranched alkanes of at least 4 members (excludes halogenated alkanes) is 5. The van der Waals surface area contributed by atoms with Gasteiger partial charge < -0.3 is 0 Å². The first-order valence-electron chi connectivity index (χ1n) is 8.76. The Morgan fingerprint density at radius 1 is 0.500 bits per heavy atom. The van der Waals surface area contributed by atoms with Gasteiger partial charge in [0.15, 0.2) is 24.8 Å². The van der Waals surface area contributed by atoms with E-state index in [1.54, 1.807) is 33.9 Å². The predicted molar refractivity (Wildman–Crippen MR) is 91.5 cm³/mol. The first kappa shape index (κ1) is 18.0. The van der Waals surface area contributed by atoms with Crippen molar-refractivity contribution in [3.63, 3.8) is 0 Å². The molecule has 0 unspecified atom stereocenters. The van der Waals surface area contributed by atoms with Crippen LogP contribution in [-0.2, 0) is 0 Å². The third-order valence-corrected chi connectivity index (χ3v) is 4.04. The zero-order chi connectivity index (χ0) is 17.0. The Hall–Kier alpha value is -2.36. The summed E-state index contributed by atoms with van der Waals surface area (Å²) < 4.78 is 3.29. The molecule has 0 radical (unpaired) electrons. The molecule has 24 heavy (non-hydrogen) atoms. The minimum Gasteiger partial charge on any atom is -0.219 e. The van der Waals surface area contributed by atoms with Gasteiger partial charge in [-0.05, 0) is 12.8 Å². The summed E-state index contributed by atoms with van der Waals surface area (Å²) >= 11 is 0. The molecule has 126 valence electrons. The van der Waals surface area contributed by atoms with Crippen molar-refractivity contribution in [2.45, 2.75) is 51.4 Å². The van der Waals surface area contributed by atoms with Crippen LogP contribution in [-0.4, -0.2) is 11.8 Å². The molecule has 0 amide bonds. The lowest BCUT2D eigenvalue weighted by molar-refractivity contribution is -0.575. The maximum Gasteiger partial charge on any atom is 0.392 e. The van der Waals surface area contributed by atoms with Gasteiger partial charge in [0.2, 0.25) is 0 Å². The summed E-state index contributed by atoms with van der Waals surface area (Å²) in [5, 5.41) is 0. The number of carbonyl (C=O) groups is 2. The van der Waals surface area contributed by atoms with Gasteiger partial charge in [0.25, 0.3) is 0 Å². The van der Waals surface area contributed by atoms with Crippen molar-refractivity contribution in [2.75, 3.05) is 0 Å². The Bertz CT molecular complexity index is 569. The van der Waals surface area contributed by atoms with Gasteiger partial charge in [-0.15, -0.1) is 9.13 Å². The first-order chi connectivity index (χ1) is 11.8. The lowest BCUT2D eigenvalue weighted by atomic mass is 10.1. The van der Waals surface area contributed by atoms with Crippen LogP contribution >= 0.6 is 0 Å². The number of hydrogen-bond acceptors (Lipinski definition) is 2. The summed E-state index contributed by atoms with van der Waals surface area (Å²) in [7, 11) is 0. The normalized spacial score (nSPS) is 10.5. The molecule has 4 nitrogen and oxygen atoms in total. The van der Waals surface area contributed by atoms with Crippen LogP contribution < -0.4 is 9.13 Å². The number of aromatic nitrogens is 2. The van der Waals surface area contributed by atoms with Crippen LogP contribution in [0.15, 0.2) is 61.2 Å². The van der Waals surface area contributed by atoms with Crippen LogP contribution in [0.5, 0.6) is 0 Å². The summed E-state index contributed by atoms with van der Waals surface area (Å²) in [4.78, 5) is 23.8. The minimum atomic E-state index is 0.154. The van der Waals surface area contributed by atoms with Crippen LogP contribution in [0.3, 0.4) is 0 Å².